The molecular formula is C15H12Br2O2. The number of para-hydroxylation sites is 1. The van der Waals surface area contributed by atoms with Crippen LogP contribution in [0.2, 0.25) is 0 Å². The van der Waals surface area contributed by atoms with E-state index < -0.39 is 0 Å². The zero-order valence-corrected chi connectivity index (χ0v) is 13.5. The van der Waals surface area contributed by atoms with Crippen LogP contribution in [-0.4, -0.2) is 12.4 Å². The molecule has 2 aromatic carbocycles. The third-order valence-electron chi connectivity index (χ3n) is 2.60. The molecule has 0 radical (unpaired) electrons. The summed E-state index contributed by atoms with van der Waals surface area (Å²) in [5.74, 6) is 0.555. The predicted molar refractivity (Wildman–Crippen MR) is 82.9 cm³/mol. The molecule has 2 aromatic rings. The van der Waals surface area contributed by atoms with E-state index >= 15 is 0 Å². The quantitative estimate of drug-likeness (QED) is 0.706. The van der Waals surface area contributed by atoms with Gasteiger partial charge in [0.15, 0.2) is 5.78 Å². The monoisotopic (exact) mass is 382 g/mol. The summed E-state index contributed by atoms with van der Waals surface area (Å²) < 4.78 is 7.14. The average molecular weight is 384 g/mol. The van der Waals surface area contributed by atoms with Gasteiger partial charge in [0, 0.05) is 14.5 Å². The molecule has 0 saturated carbocycles. The number of ether oxygens (including phenoxy) is 1. The highest BCUT2D eigenvalue weighted by atomic mass is 79.9. The van der Waals surface area contributed by atoms with Crippen molar-refractivity contribution < 1.29 is 9.53 Å². The second-order valence-corrected chi connectivity index (χ2v) is 5.65. The molecule has 0 N–H and O–H groups in total. The topological polar surface area (TPSA) is 26.3 Å². The standard InChI is InChI=1S/C15H12Br2O2/c1-2-19-14-6-4-3-5-11(14)15(18)12-9-10(16)7-8-13(12)17/h3-9H,2H2,1H3. The molecule has 98 valence electrons. The highest BCUT2D eigenvalue weighted by Gasteiger charge is 2.17. The van der Waals surface area contributed by atoms with Gasteiger partial charge in [-0.25, -0.2) is 0 Å². The Morgan fingerprint density at radius 3 is 2.58 bits per heavy atom. The molecule has 4 heteroatoms. The Morgan fingerprint density at radius 2 is 1.84 bits per heavy atom. The van der Waals surface area contributed by atoms with Crippen molar-refractivity contribution >= 4 is 37.6 Å². The number of hydrogen-bond acceptors (Lipinski definition) is 2. The number of benzene rings is 2. The molecule has 0 aliphatic rings. The Hall–Kier alpha value is -1.13. The van der Waals surface area contributed by atoms with E-state index in [2.05, 4.69) is 31.9 Å². The van der Waals surface area contributed by atoms with E-state index in [-0.39, 0.29) is 5.78 Å². The van der Waals surface area contributed by atoms with Crippen LogP contribution in [0.5, 0.6) is 5.75 Å². The molecule has 2 nitrogen and oxygen atoms in total. The first kappa shape index (κ1) is 14.3. The summed E-state index contributed by atoms with van der Waals surface area (Å²) in [6.45, 7) is 2.43. The fraction of sp³-hybridized carbons (Fsp3) is 0.133. The largest absolute Gasteiger partial charge is 0.493 e. The second kappa shape index (κ2) is 6.35. The molecule has 0 bridgehead atoms. The van der Waals surface area contributed by atoms with Crippen molar-refractivity contribution in [2.75, 3.05) is 6.61 Å². The maximum Gasteiger partial charge on any atom is 0.197 e. The first-order chi connectivity index (χ1) is 9.13. The molecule has 2 rings (SSSR count). The van der Waals surface area contributed by atoms with Gasteiger partial charge in [0.05, 0.1) is 12.2 Å². The lowest BCUT2D eigenvalue weighted by Crippen LogP contribution is -2.06. The summed E-state index contributed by atoms with van der Waals surface area (Å²) in [5, 5.41) is 0. The minimum Gasteiger partial charge on any atom is -0.493 e. The number of hydrogen-bond donors (Lipinski definition) is 0. The Kier molecular flexibility index (Phi) is 4.77. The van der Waals surface area contributed by atoms with Crippen LogP contribution in [0, 0.1) is 0 Å². The van der Waals surface area contributed by atoms with Gasteiger partial charge in [0.25, 0.3) is 0 Å². The molecule has 19 heavy (non-hydrogen) atoms. The number of carbonyl (C=O) groups excluding carboxylic acids is 1. The highest BCUT2D eigenvalue weighted by molar-refractivity contribution is 9.11. The fourth-order valence-corrected chi connectivity index (χ4v) is 2.54. The SMILES string of the molecule is CCOc1ccccc1C(=O)c1cc(Br)ccc1Br. The lowest BCUT2D eigenvalue weighted by Gasteiger charge is -2.10. The average Bonchev–Trinajstić information content (AvgIpc) is 2.42. The van der Waals surface area contributed by atoms with E-state index in [0.717, 1.165) is 8.95 Å². The van der Waals surface area contributed by atoms with Crippen molar-refractivity contribution in [3.63, 3.8) is 0 Å². The van der Waals surface area contributed by atoms with Gasteiger partial charge >= 0.3 is 0 Å². The lowest BCUT2D eigenvalue weighted by atomic mass is 10.0. The Labute approximate surface area is 129 Å². The molecule has 0 aromatic heterocycles. The summed E-state index contributed by atoms with van der Waals surface area (Å²) in [4.78, 5) is 12.6. The van der Waals surface area contributed by atoms with Gasteiger partial charge in [-0.05, 0) is 37.3 Å². The molecular weight excluding hydrogens is 372 g/mol. The number of ketones is 1. The summed E-state index contributed by atoms with van der Waals surface area (Å²) in [5.41, 5.74) is 1.18. The van der Waals surface area contributed by atoms with E-state index in [4.69, 9.17) is 4.74 Å². The fourth-order valence-electron chi connectivity index (χ4n) is 1.75. The molecule has 0 saturated heterocycles. The minimum atomic E-state index is -0.0581. The third-order valence-corrected chi connectivity index (χ3v) is 3.79. The van der Waals surface area contributed by atoms with E-state index in [1.54, 1.807) is 12.1 Å². The van der Waals surface area contributed by atoms with E-state index in [9.17, 15) is 4.79 Å². The third kappa shape index (κ3) is 3.25. The van der Waals surface area contributed by atoms with Gasteiger partial charge < -0.3 is 4.74 Å². The van der Waals surface area contributed by atoms with Crippen LogP contribution >= 0.6 is 31.9 Å². The number of halogens is 2. The molecule has 0 fully saturated rings. The molecule has 0 atom stereocenters. The summed E-state index contributed by atoms with van der Waals surface area (Å²) in [6.07, 6.45) is 0. The van der Waals surface area contributed by atoms with Crippen molar-refractivity contribution in [3.8, 4) is 5.75 Å². The molecule has 0 aliphatic heterocycles. The molecule has 0 amide bonds. The Bertz CT molecular complexity index is 609. The Morgan fingerprint density at radius 1 is 1.11 bits per heavy atom. The van der Waals surface area contributed by atoms with E-state index in [1.807, 2.05) is 37.3 Å². The molecule has 0 heterocycles. The Balaban J connectivity index is 2.47. The lowest BCUT2D eigenvalue weighted by molar-refractivity contribution is 0.103. The normalized spacial score (nSPS) is 10.3. The van der Waals surface area contributed by atoms with Crippen molar-refractivity contribution in [2.45, 2.75) is 6.92 Å². The van der Waals surface area contributed by atoms with Crippen LogP contribution in [0.25, 0.3) is 0 Å². The van der Waals surface area contributed by atoms with E-state index in [1.165, 1.54) is 0 Å². The van der Waals surface area contributed by atoms with Gasteiger partial charge in [0.2, 0.25) is 0 Å². The zero-order chi connectivity index (χ0) is 13.8. The van der Waals surface area contributed by atoms with Crippen LogP contribution in [0.3, 0.4) is 0 Å². The maximum absolute atomic E-state index is 12.6. The minimum absolute atomic E-state index is 0.0581. The first-order valence-corrected chi connectivity index (χ1v) is 7.43. The van der Waals surface area contributed by atoms with Gasteiger partial charge in [-0.15, -0.1) is 0 Å². The summed E-state index contributed by atoms with van der Waals surface area (Å²) in [7, 11) is 0. The van der Waals surface area contributed by atoms with E-state index in [0.29, 0.717) is 23.5 Å². The van der Waals surface area contributed by atoms with Crippen LogP contribution in [0.4, 0.5) is 0 Å². The van der Waals surface area contributed by atoms with Crippen LogP contribution < -0.4 is 4.74 Å². The smallest absolute Gasteiger partial charge is 0.197 e. The van der Waals surface area contributed by atoms with Gasteiger partial charge in [-0.3, -0.25) is 4.79 Å². The first-order valence-electron chi connectivity index (χ1n) is 5.85. The van der Waals surface area contributed by atoms with Crippen molar-refractivity contribution in [1.29, 1.82) is 0 Å². The van der Waals surface area contributed by atoms with Gasteiger partial charge in [0.1, 0.15) is 5.75 Å². The number of rotatable bonds is 4. The summed E-state index contributed by atoms with van der Waals surface area (Å²) >= 11 is 6.79. The van der Waals surface area contributed by atoms with Crippen molar-refractivity contribution in [3.05, 3.63) is 62.5 Å². The highest BCUT2D eigenvalue weighted by Crippen LogP contribution is 2.27. The molecule has 0 spiro atoms. The van der Waals surface area contributed by atoms with Crippen LogP contribution in [0.1, 0.15) is 22.8 Å². The van der Waals surface area contributed by atoms with Gasteiger partial charge in [-0.2, -0.15) is 0 Å². The molecule has 0 aliphatic carbocycles. The van der Waals surface area contributed by atoms with Crippen LogP contribution in [-0.2, 0) is 0 Å². The van der Waals surface area contributed by atoms with Crippen molar-refractivity contribution in [2.24, 2.45) is 0 Å². The predicted octanol–water partition coefficient (Wildman–Crippen LogP) is 4.84. The summed E-state index contributed by atoms with van der Waals surface area (Å²) in [6, 6.07) is 12.8. The number of carbonyl (C=O) groups is 1. The van der Waals surface area contributed by atoms with Crippen molar-refractivity contribution in [1.82, 2.24) is 0 Å². The second-order valence-electron chi connectivity index (χ2n) is 3.88. The van der Waals surface area contributed by atoms with Crippen LogP contribution in [0.15, 0.2) is 51.4 Å². The molecule has 0 unspecified atom stereocenters. The zero-order valence-electron chi connectivity index (χ0n) is 10.3. The van der Waals surface area contributed by atoms with Gasteiger partial charge in [-0.1, -0.05) is 44.0 Å². The maximum atomic E-state index is 12.6.